The van der Waals surface area contributed by atoms with Crippen LogP contribution >= 0.6 is 0 Å². The fourth-order valence-electron chi connectivity index (χ4n) is 1.28. The summed E-state index contributed by atoms with van der Waals surface area (Å²) in [6.45, 7) is -0.0169. The lowest BCUT2D eigenvalue weighted by Crippen LogP contribution is -2.37. The molecule has 0 amide bonds. The Morgan fingerprint density at radius 3 is 2.61 bits per heavy atom. The van der Waals surface area contributed by atoms with Gasteiger partial charge in [-0.2, -0.15) is 0 Å². The molecular formula is C9H15BO8. The average molecular weight is 262 g/mol. The molecule has 0 N–H and O–H groups in total. The van der Waals surface area contributed by atoms with Gasteiger partial charge in [-0.25, -0.2) is 9.59 Å². The smallest absolute Gasteiger partial charge is 0.467 e. The summed E-state index contributed by atoms with van der Waals surface area (Å²) in [4.78, 5) is 22.5. The molecule has 0 saturated carbocycles. The van der Waals surface area contributed by atoms with Gasteiger partial charge in [0, 0.05) is 7.11 Å². The summed E-state index contributed by atoms with van der Waals surface area (Å²) in [6, 6.07) is 0. The Morgan fingerprint density at radius 1 is 1.33 bits per heavy atom. The first-order valence-corrected chi connectivity index (χ1v) is 5.19. The number of carbonyl (C=O) groups excluding carboxylic acids is 2. The third-order valence-electron chi connectivity index (χ3n) is 2.18. The van der Waals surface area contributed by atoms with Gasteiger partial charge < -0.3 is 28.2 Å². The zero-order valence-electron chi connectivity index (χ0n) is 10.4. The standard InChI is InChI=1S/C9H15BO8/c1-13-4-6(8(11)14-2)17-10-16-5-7(18-10)9(12)15-3/h6-7H,4-5H2,1-3H3. The van der Waals surface area contributed by atoms with Crippen LogP contribution in [0, 0.1) is 0 Å². The summed E-state index contributed by atoms with van der Waals surface area (Å²) in [5.74, 6) is -1.19. The van der Waals surface area contributed by atoms with Crippen LogP contribution in [-0.2, 0) is 37.8 Å². The van der Waals surface area contributed by atoms with Gasteiger partial charge in [0.2, 0.25) is 0 Å². The van der Waals surface area contributed by atoms with Crippen LogP contribution in [0.1, 0.15) is 0 Å². The molecule has 9 heteroatoms. The molecule has 1 heterocycles. The van der Waals surface area contributed by atoms with Gasteiger partial charge in [0.15, 0.2) is 12.2 Å². The van der Waals surface area contributed by atoms with Crippen LogP contribution in [-0.4, -0.2) is 66.0 Å². The van der Waals surface area contributed by atoms with Gasteiger partial charge in [0.05, 0.1) is 27.4 Å². The molecule has 0 bridgehead atoms. The van der Waals surface area contributed by atoms with Crippen LogP contribution in [0.25, 0.3) is 0 Å². The largest absolute Gasteiger partial charge is 0.641 e. The molecule has 1 rings (SSSR count). The number of carbonyl (C=O) groups is 2. The van der Waals surface area contributed by atoms with E-state index < -0.39 is 31.5 Å². The van der Waals surface area contributed by atoms with Crippen molar-refractivity contribution in [2.45, 2.75) is 12.2 Å². The second kappa shape index (κ2) is 7.32. The molecule has 1 fully saturated rings. The van der Waals surface area contributed by atoms with Crippen molar-refractivity contribution in [2.24, 2.45) is 0 Å². The molecule has 2 atom stereocenters. The zero-order chi connectivity index (χ0) is 13.5. The molecule has 0 aromatic rings. The Balaban J connectivity index is 2.46. The lowest BCUT2D eigenvalue weighted by atomic mass is 10.2. The Labute approximate surface area is 105 Å². The van der Waals surface area contributed by atoms with E-state index in [2.05, 4.69) is 9.47 Å². The summed E-state index contributed by atoms with van der Waals surface area (Å²) in [7, 11) is 2.74. The highest BCUT2D eigenvalue weighted by Crippen LogP contribution is 2.13. The van der Waals surface area contributed by atoms with Crippen LogP contribution in [0.4, 0.5) is 0 Å². The quantitative estimate of drug-likeness (QED) is 0.434. The predicted molar refractivity (Wildman–Crippen MR) is 57.4 cm³/mol. The molecule has 2 unspecified atom stereocenters. The van der Waals surface area contributed by atoms with Crippen molar-refractivity contribution >= 4 is 19.3 Å². The van der Waals surface area contributed by atoms with E-state index in [0.29, 0.717) is 0 Å². The molecule has 1 saturated heterocycles. The molecule has 1 aliphatic rings. The van der Waals surface area contributed by atoms with Crippen LogP contribution < -0.4 is 0 Å². The van der Waals surface area contributed by atoms with Crippen molar-refractivity contribution in [3.8, 4) is 0 Å². The monoisotopic (exact) mass is 262 g/mol. The summed E-state index contributed by atoms with van der Waals surface area (Å²) < 4.78 is 29.1. The van der Waals surface area contributed by atoms with E-state index in [1.54, 1.807) is 0 Å². The van der Waals surface area contributed by atoms with Gasteiger partial charge in [0.25, 0.3) is 0 Å². The van der Waals surface area contributed by atoms with Crippen LogP contribution in [0.2, 0.25) is 0 Å². The van der Waals surface area contributed by atoms with Gasteiger partial charge in [-0.15, -0.1) is 0 Å². The Morgan fingerprint density at radius 2 is 2.06 bits per heavy atom. The number of hydrogen-bond acceptors (Lipinski definition) is 8. The highest BCUT2D eigenvalue weighted by Gasteiger charge is 2.41. The van der Waals surface area contributed by atoms with Crippen molar-refractivity contribution in [2.75, 3.05) is 34.5 Å². The maximum atomic E-state index is 11.3. The lowest BCUT2D eigenvalue weighted by molar-refractivity contribution is -0.153. The molecule has 8 nitrogen and oxygen atoms in total. The van der Waals surface area contributed by atoms with Crippen molar-refractivity contribution in [1.82, 2.24) is 0 Å². The minimum atomic E-state index is -1.13. The van der Waals surface area contributed by atoms with Crippen molar-refractivity contribution in [3.63, 3.8) is 0 Å². The molecule has 0 aliphatic carbocycles. The van der Waals surface area contributed by atoms with E-state index in [9.17, 15) is 9.59 Å². The minimum absolute atomic E-state index is 0.00177. The van der Waals surface area contributed by atoms with Crippen LogP contribution in [0.3, 0.4) is 0 Å². The third kappa shape index (κ3) is 3.95. The fraction of sp³-hybridized carbons (Fsp3) is 0.778. The zero-order valence-corrected chi connectivity index (χ0v) is 10.4. The van der Waals surface area contributed by atoms with E-state index >= 15 is 0 Å². The van der Waals surface area contributed by atoms with Gasteiger partial charge in [-0.1, -0.05) is 0 Å². The normalized spacial score (nSPS) is 20.6. The van der Waals surface area contributed by atoms with E-state index in [1.807, 2.05) is 0 Å². The van der Waals surface area contributed by atoms with Gasteiger partial charge >= 0.3 is 19.3 Å². The summed E-state index contributed by atoms with van der Waals surface area (Å²) in [6.07, 6.45) is -1.85. The first-order valence-electron chi connectivity index (χ1n) is 5.19. The number of ether oxygens (including phenoxy) is 3. The molecule has 0 radical (unpaired) electrons. The molecule has 0 spiro atoms. The van der Waals surface area contributed by atoms with Gasteiger partial charge in [-0.3, -0.25) is 0 Å². The second-order valence-electron chi connectivity index (χ2n) is 3.37. The van der Waals surface area contributed by atoms with E-state index in [1.165, 1.54) is 21.3 Å². The van der Waals surface area contributed by atoms with Gasteiger partial charge in [0.1, 0.15) is 0 Å². The second-order valence-corrected chi connectivity index (χ2v) is 3.37. The fourth-order valence-corrected chi connectivity index (χ4v) is 1.28. The highest BCUT2D eigenvalue weighted by atomic mass is 16.8. The lowest BCUT2D eigenvalue weighted by Gasteiger charge is -2.15. The first-order chi connectivity index (χ1) is 8.62. The number of methoxy groups -OCH3 is 3. The molecule has 18 heavy (non-hydrogen) atoms. The molecule has 102 valence electrons. The minimum Gasteiger partial charge on any atom is -0.467 e. The number of rotatable bonds is 6. The summed E-state index contributed by atoms with van der Waals surface area (Å²) in [5.41, 5.74) is 0. The van der Waals surface area contributed by atoms with Crippen LogP contribution in [0.15, 0.2) is 0 Å². The Bertz CT molecular complexity index is 296. The maximum Gasteiger partial charge on any atom is 0.641 e. The van der Waals surface area contributed by atoms with Crippen molar-refractivity contribution < 1.29 is 37.8 Å². The van der Waals surface area contributed by atoms with Gasteiger partial charge in [-0.05, 0) is 0 Å². The Kier molecular flexibility index (Phi) is 6.06. The SMILES string of the molecule is COCC(OB1OCC(C(=O)OC)O1)C(=O)OC. The molecule has 0 aromatic carbocycles. The van der Waals surface area contributed by atoms with E-state index in [4.69, 9.17) is 18.7 Å². The topological polar surface area (TPSA) is 89.5 Å². The summed E-state index contributed by atoms with van der Waals surface area (Å²) in [5, 5.41) is 0. The maximum absolute atomic E-state index is 11.3. The van der Waals surface area contributed by atoms with Crippen molar-refractivity contribution in [1.29, 1.82) is 0 Å². The molecule has 1 aliphatic heterocycles. The average Bonchev–Trinajstić information content (AvgIpc) is 2.85. The van der Waals surface area contributed by atoms with Crippen LogP contribution in [0.5, 0.6) is 0 Å². The predicted octanol–water partition coefficient (Wildman–Crippen LogP) is -1.24. The number of esters is 2. The number of hydrogen-bond donors (Lipinski definition) is 0. The third-order valence-corrected chi connectivity index (χ3v) is 2.18. The highest BCUT2D eigenvalue weighted by molar-refractivity contribution is 6.38. The van der Waals surface area contributed by atoms with E-state index in [-0.39, 0.29) is 13.2 Å². The van der Waals surface area contributed by atoms with E-state index in [0.717, 1.165) is 0 Å². The Hall–Kier alpha value is -1.16. The van der Waals surface area contributed by atoms with Crippen molar-refractivity contribution in [3.05, 3.63) is 0 Å². The summed E-state index contributed by atoms with van der Waals surface area (Å²) >= 11 is 0. The molecular weight excluding hydrogens is 247 g/mol. The molecule has 0 aromatic heterocycles. The first kappa shape index (κ1) is 14.9.